The summed E-state index contributed by atoms with van der Waals surface area (Å²) in [5, 5.41) is 24.9. The summed E-state index contributed by atoms with van der Waals surface area (Å²) in [6.07, 6.45) is 2.25. The van der Waals surface area contributed by atoms with Gasteiger partial charge in [-0.25, -0.2) is 4.63 Å². The summed E-state index contributed by atoms with van der Waals surface area (Å²) in [6, 6.07) is 3.09. The Kier molecular flexibility index (Phi) is 3.46. The summed E-state index contributed by atoms with van der Waals surface area (Å²) in [7, 11) is 0. The van der Waals surface area contributed by atoms with Gasteiger partial charge in [0.2, 0.25) is 5.52 Å². The number of rotatable bonds is 4. The van der Waals surface area contributed by atoms with Gasteiger partial charge in [0.05, 0.1) is 10.6 Å². The molecule has 0 radical (unpaired) electrons. The molecule has 106 valence electrons. The van der Waals surface area contributed by atoms with E-state index >= 15 is 0 Å². The molecule has 0 unspecified atom stereocenters. The Morgan fingerprint density at radius 3 is 2.85 bits per heavy atom. The highest BCUT2D eigenvalue weighted by Gasteiger charge is 2.20. The number of fused-ring (bicyclic) bond motifs is 1. The second-order valence-corrected chi connectivity index (χ2v) is 4.93. The molecule has 2 N–H and O–H groups in total. The minimum absolute atomic E-state index is 0.0892. The van der Waals surface area contributed by atoms with E-state index in [2.05, 4.69) is 25.6 Å². The maximum atomic E-state index is 10.9. The highest BCUT2D eigenvalue weighted by atomic mass is 16.6. The molecule has 0 bridgehead atoms. The van der Waals surface area contributed by atoms with Crippen LogP contribution in [0.5, 0.6) is 0 Å². The van der Waals surface area contributed by atoms with E-state index in [0.717, 1.165) is 38.2 Å². The van der Waals surface area contributed by atoms with Crippen LogP contribution in [0.2, 0.25) is 0 Å². The summed E-state index contributed by atoms with van der Waals surface area (Å²) in [4.78, 5) is 10.4. The summed E-state index contributed by atoms with van der Waals surface area (Å²) in [6.45, 7) is 2.89. The Morgan fingerprint density at radius 1 is 1.35 bits per heavy atom. The van der Waals surface area contributed by atoms with E-state index in [-0.39, 0.29) is 11.2 Å². The topological polar surface area (TPSA) is 106 Å². The van der Waals surface area contributed by atoms with E-state index in [0.29, 0.717) is 11.4 Å². The van der Waals surface area contributed by atoms with Gasteiger partial charge >= 0.3 is 5.69 Å². The second kappa shape index (κ2) is 5.41. The van der Waals surface area contributed by atoms with E-state index in [1.807, 2.05) is 0 Å². The highest BCUT2D eigenvalue weighted by Crippen LogP contribution is 2.29. The molecule has 20 heavy (non-hydrogen) atoms. The molecule has 1 aliphatic heterocycles. The Morgan fingerprint density at radius 2 is 2.10 bits per heavy atom. The lowest BCUT2D eigenvalue weighted by atomic mass is 9.98. The lowest BCUT2D eigenvalue weighted by molar-refractivity contribution is -0.383. The Balaban J connectivity index is 1.79. The first-order valence-corrected chi connectivity index (χ1v) is 6.60. The zero-order valence-electron chi connectivity index (χ0n) is 10.8. The summed E-state index contributed by atoms with van der Waals surface area (Å²) in [5.74, 6) is 0.598. The minimum Gasteiger partial charge on any atom is -0.383 e. The molecule has 0 saturated carbocycles. The van der Waals surface area contributed by atoms with Crippen LogP contribution in [-0.2, 0) is 0 Å². The monoisotopic (exact) mass is 277 g/mol. The van der Waals surface area contributed by atoms with Crippen LogP contribution in [-0.4, -0.2) is 34.9 Å². The molecular formula is C12H15N5O3. The van der Waals surface area contributed by atoms with E-state index in [4.69, 9.17) is 0 Å². The summed E-state index contributed by atoms with van der Waals surface area (Å²) >= 11 is 0. The molecular weight excluding hydrogens is 262 g/mol. The van der Waals surface area contributed by atoms with Crippen molar-refractivity contribution >= 4 is 22.4 Å². The van der Waals surface area contributed by atoms with Gasteiger partial charge in [-0.05, 0) is 48.2 Å². The van der Waals surface area contributed by atoms with Gasteiger partial charge in [-0.15, -0.1) is 0 Å². The Bertz CT molecular complexity index is 621. The van der Waals surface area contributed by atoms with Gasteiger partial charge in [-0.3, -0.25) is 10.1 Å². The number of piperidine rings is 1. The van der Waals surface area contributed by atoms with Crippen molar-refractivity contribution in [3.05, 3.63) is 22.2 Å². The molecule has 0 amide bonds. The standard InChI is InChI=1S/C12H15N5O3/c18-17(19)10-2-1-9(11-12(10)16-20-15-11)14-7-8-3-5-13-6-4-8/h1-2,8,13-14H,3-7H2. The van der Waals surface area contributed by atoms with Crippen molar-refractivity contribution in [1.82, 2.24) is 15.6 Å². The molecule has 0 aliphatic carbocycles. The lowest BCUT2D eigenvalue weighted by Crippen LogP contribution is -2.31. The van der Waals surface area contributed by atoms with Crippen LogP contribution in [0.4, 0.5) is 11.4 Å². The summed E-state index contributed by atoms with van der Waals surface area (Å²) < 4.78 is 4.63. The van der Waals surface area contributed by atoms with Crippen LogP contribution >= 0.6 is 0 Å². The van der Waals surface area contributed by atoms with Crippen LogP contribution < -0.4 is 10.6 Å². The van der Waals surface area contributed by atoms with E-state index in [1.165, 1.54) is 6.07 Å². The second-order valence-electron chi connectivity index (χ2n) is 4.93. The van der Waals surface area contributed by atoms with Gasteiger partial charge in [0.1, 0.15) is 0 Å². The highest BCUT2D eigenvalue weighted by molar-refractivity contribution is 5.93. The summed E-state index contributed by atoms with van der Waals surface area (Å²) in [5.41, 5.74) is 1.23. The minimum atomic E-state index is -0.483. The number of nitro benzene ring substituents is 1. The Labute approximate surface area is 114 Å². The average molecular weight is 277 g/mol. The van der Waals surface area contributed by atoms with Crippen molar-refractivity contribution in [2.24, 2.45) is 5.92 Å². The number of anilines is 1. The van der Waals surface area contributed by atoms with Gasteiger partial charge in [-0.1, -0.05) is 0 Å². The third-order valence-corrected chi connectivity index (χ3v) is 3.63. The number of benzene rings is 1. The number of non-ortho nitro benzene ring substituents is 1. The van der Waals surface area contributed by atoms with Gasteiger partial charge in [-0.2, -0.15) is 0 Å². The number of nitrogens with one attached hydrogen (secondary N) is 2. The first kappa shape index (κ1) is 12.8. The van der Waals surface area contributed by atoms with Crippen LogP contribution in [0.3, 0.4) is 0 Å². The third-order valence-electron chi connectivity index (χ3n) is 3.63. The van der Waals surface area contributed by atoms with Crippen LogP contribution in [0.25, 0.3) is 11.0 Å². The van der Waals surface area contributed by atoms with Gasteiger partial charge in [0.25, 0.3) is 0 Å². The lowest BCUT2D eigenvalue weighted by Gasteiger charge is -2.23. The molecule has 1 saturated heterocycles. The normalized spacial score (nSPS) is 16.4. The van der Waals surface area contributed by atoms with Crippen molar-refractivity contribution in [2.45, 2.75) is 12.8 Å². The van der Waals surface area contributed by atoms with Crippen molar-refractivity contribution in [3.63, 3.8) is 0 Å². The molecule has 8 nitrogen and oxygen atoms in total. The molecule has 2 heterocycles. The maximum Gasteiger partial charge on any atom is 0.300 e. The van der Waals surface area contributed by atoms with Crippen molar-refractivity contribution < 1.29 is 9.55 Å². The van der Waals surface area contributed by atoms with E-state index in [9.17, 15) is 10.1 Å². The Hall–Kier alpha value is -2.22. The van der Waals surface area contributed by atoms with Gasteiger partial charge in [0, 0.05) is 12.6 Å². The molecule has 1 aromatic carbocycles. The van der Waals surface area contributed by atoms with Crippen molar-refractivity contribution in [1.29, 1.82) is 0 Å². The number of nitrogens with zero attached hydrogens (tertiary/aromatic N) is 3. The molecule has 0 spiro atoms. The fourth-order valence-corrected chi connectivity index (χ4v) is 2.48. The number of aromatic nitrogens is 2. The van der Waals surface area contributed by atoms with Gasteiger partial charge in [0.15, 0.2) is 5.52 Å². The van der Waals surface area contributed by atoms with Crippen LogP contribution in [0, 0.1) is 16.0 Å². The zero-order chi connectivity index (χ0) is 13.9. The number of nitro groups is 1. The van der Waals surface area contributed by atoms with Crippen molar-refractivity contribution in [2.75, 3.05) is 25.0 Å². The van der Waals surface area contributed by atoms with Crippen LogP contribution in [0.15, 0.2) is 16.8 Å². The van der Waals surface area contributed by atoms with E-state index in [1.54, 1.807) is 6.07 Å². The quantitative estimate of drug-likeness (QED) is 0.644. The number of hydrogen-bond donors (Lipinski definition) is 2. The average Bonchev–Trinajstić information content (AvgIpc) is 2.95. The van der Waals surface area contributed by atoms with Crippen molar-refractivity contribution in [3.8, 4) is 0 Å². The molecule has 0 atom stereocenters. The fourth-order valence-electron chi connectivity index (χ4n) is 2.48. The molecule has 1 aliphatic rings. The predicted molar refractivity (Wildman–Crippen MR) is 72.5 cm³/mol. The molecule has 1 aromatic heterocycles. The third kappa shape index (κ3) is 2.42. The van der Waals surface area contributed by atoms with Gasteiger partial charge < -0.3 is 10.6 Å². The SMILES string of the molecule is O=[N+]([O-])c1ccc(NCC2CCNCC2)c2nonc12. The maximum absolute atomic E-state index is 10.9. The first-order chi connectivity index (χ1) is 9.75. The smallest absolute Gasteiger partial charge is 0.300 e. The zero-order valence-corrected chi connectivity index (χ0v) is 10.8. The molecule has 3 rings (SSSR count). The largest absolute Gasteiger partial charge is 0.383 e. The molecule has 8 heteroatoms. The predicted octanol–water partition coefficient (Wildman–Crippen LogP) is 1.54. The molecule has 1 fully saturated rings. The first-order valence-electron chi connectivity index (χ1n) is 6.60. The molecule has 2 aromatic rings. The number of hydrogen-bond acceptors (Lipinski definition) is 7. The van der Waals surface area contributed by atoms with E-state index < -0.39 is 4.92 Å². The fraction of sp³-hybridized carbons (Fsp3) is 0.500. The van der Waals surface area contributed by atoms with Crippen LogP contribution in [0.1, 0.15) is 12.8 Å².